The predicted molar refractivity (Wildman–Crippen MR) is 268 cm³/mol. The number of thioether (sulfide) groups is 16. The van der Waals surface area contributed by atoms with E-state index in [1.807, 2.05) is 188 Å². The minimum atomic E-state index is -0.0762. The number of carbonyl (C=O) groups is 2. The van der Waals surface area contributed by atoms with Gasteiger partial charge in [-0.15, -0.1) is 94.1 Å². The molecule has 4 N–H and O–H groups in total. The summed E-state index contributed by atoms with van der Waals surface area (Å²) in [5, 5.41) is 12.3. The van der Waals surface area contributed by atoms with Crippen molar-refractivity contribution in [3.8, 4) is 0 Å². The lowest BCUT2D eigenvalue weighted by Gasteiger charge is -2.10. The van der Waals surface area contributed by atoms with E-state index in [0.717, 1.165) is 48.7 Å². The van der Waals surface area contributed by atoms with Gasteiger partial charge in [0.1, 0.15) is 0 Å². The van der Waals surface area contributed by atoms with E-state index in [1.165, 1.54) is 50.8 Å². The molecule has 0 unspecified atom stereocenters. The van der Waals surface area contributed by atoms with E-state index in [-0.39, 0.29) is 12.1 Å². The monoisotopic (exact) mass is 1000 g/mol. The van der Waals surface area contributed by atoms with E-state index in [0.29, 0.717) is 26.2 Å². The van der Waals surface area contributed by atoms with Gasteiger partial charge in [0, 0.05) is 49.2 Å². The smallest absolute Gasteiger partial charge is 0.314 e. The molecule has 0 aromatic rings. The van der Waals surface area contributed by atoms with Crippen molar-refractivity contribution in [1.29, 1.82) is 0 Å². The molecule has 0 atom stereocenters. The van der Waals surface area contributed by atoms with Crippen LogP contribution < -0.4 is 21.3 Å². The van der Waals surface area contributed by atoms with Crippen molar-refractivity contribution in [1.82, 2.24) is 21.3 Å². The zero-order valence-corrected chi connectivity index (χ0v) is 41.9. The minimum Gasteiger partial charge on any atom is -0.338 e. The summed E-state index contributed by atoms with van der Waals surface area (Å²) >= 11 is 30.1. The molecule has 0 spiro atoms. The zero-order chi connectivity index (χ0) is 36.7. The lowest BCUT2D eigenvalue weighted by atomic mass is 10.4. The van der Waals surface area contributed by atoms with Crippen molar-refractivity contribution in [2.45, 2.75) is 25.7 Å². The number of urea groups is 2. The fourth-order valence-electron chi connectivity index (χ4n) is 4.16. The molecule has 0 aromatic heterocycles. The third-order valence-electron chi connectivity index (χ3n) is 6.58. The van der Waals surface area contributed by atoms with Gasteiger partial charge in [-0.2, -0.15) is 0 Å². The summed E-state index contributed by atoms with van der Waals surface area (Å²) < 4.78 is 16.5. The summed E-state index contributed by atoms with van der Waals surface area (Å²) in [6, 6.07) is -0.152. The Morgan fingerprint density at radius 2 is 0.596 bits per heavy atom. The maximum Gasteiger partial charge on any atom is 0.314 e. The molecule has 5 heterocycles. The van der Waals surface area contributed by atoms with Crippen LogP contribution in [-0.2, 0) is 0 Å². The summed E-state index contributed by atoms with van der Waals surface area (Å²) in [4.78, 5) is 25.1. The van der Waals surface area contributed by atoms with Crippen LogP contribution in [0.2, 0.25) is 0 Å². The first kappa shape index (κ1) is 45.7. The molecule has 5 rings (SSSR count). The van der Waals surface area contributed by atoms with Gasteiger partial charge in [-0.25, -0.2) is 9.59 Å². The normalized spacial score (nSPS) is 23.2. The second-order valence-electron chi connectivity index (χ2n) is 10.3. The Hall–Kier alpha value is 2.58. The van der Waals surface area contributed by atoms with Crippen LogP contribution in [0, 0.1) is 0 Å². The first-order valence-electron chi connectivity index (χ1n) is 16.0. The lowest BCUT2D eigenvalue weighted by Crippen LogP contribution is -2.36. The van der Waals surface area contributed by atoms with Crippen molar-refractivity contribution in [2.75, 3.05) is 74.2 Å². The summed E-state index contributed by atoms with van der Waals surface area (Å²) in [5.41, 5.74) is 0. The standard InChI is InChI=1S/C30H40N4O2S16/c1-37-17-18(38-2)46-25(45-17)27-49-21-22(50-27)42-14-6-10-32-30(36)34-12-8-16-44-24-23(43-15-7-11-33-29(35)31-9-5-13-41-21)51-28(52-24)26-47-19(39-3)20(40-4)48-26/h5-16H2,1-4H3,(H2,31,33,35)(H2,32,34,36). The Labute approximate surface area is 377 Å². The van der Waals surface area contributed by atoms with Crippen molar-refractivity contribution >= 4 is 200 Å². The Balaban J connectivity index is 1.14. The molecule has 5 aliphatic heterocycles. The maximum absolute atomic E-state index is 12.6. The van der Waals surface area contributed by atoms with Gasteiger partial charge in [-0.3, -0.25) is 0 Å². The van der Waals surface area contributed by atoms with Crippen LogP contribution in [0.15, 0.2) is 50.8 Å². The highest BCUT2D eigenvalue weighted by Gasteiger charge is 2.31. The Bertz CT molecular complexity index is 1310. The largest absolute Gasteiger partial charge is 0.338 e. The number of hydrogen-bond acceptors (Lipinski definition) is 18. The minimum absolute atomic E-state index is 0.0762. The van der Waals surface area contributed by atoms with Gasteiger partial charge >= 0.3 is 12.1 Å². The molecule has 0 bridgehead atoms. The number of nitrogens with one attached hydrogen (secondary N) is 4. The van der Waals surface area contributed by atoms with E-state index in [9.17, 15) is 9.59 Å². The van der Waals surface area contributed by atoms with E-state index in [2.05, 4.69) is 46.3 Å². The average molecular weight is 1000 g/mol. The molecule has 0 saturated heterocycles. The molecule has 6 nitrogen and oxygen atoms in total. The van der Waals surface area contributed by atoms with Crippen molar-refractivity contribution in [3.05, 3.63) is 50.8 Å². The SMILES string of the molecule is CSC1=C(SC)SC(=C2SC3=C(SCCCNC(=O)NCCCSC4=C(SCCCNC(=O)NCCCS3)SC(=C3SC(SC)=C(SC)S3)S4)S2)S1. The van der Waals surface area contributed by atoms with Gasteiger partial charge in [0.15, 0.2) is 0 Å². The van der Waals surface area contributed by atoms with Crippen molar-refractivity contribution < 1.29 is 9.59 Å². The lowest BCUT2D eigenvalue weighted by molar-refractivity contribution is 0.240. The highest BCUT2D eigenvalue weighted by Crippen LogP contribution is 2.67. The van der Waals surface area contributed by atoms with Gasteiger partial charge < -0.3 is 21.3 Å². The van der Waals surface area contributed by atoms with E-state index < -0.39 is 0 Å². The van der Waals surface area contributed by atoms with Crippen LogP contribution in [-0.4, -0.2) is 86.3 Å². The second-order valence-corrected chi connectivity index (χ2v) is 29.2. The highest BCUT2D eigenvalue weighted by atomic mass is 32.3. The first-order valence-corrected chi connectivity index (χ1v) is 31.4. The topological polar surface area (TPSA) is 82.3 Å². The quantitative estimate of drug-likeness (QED) is 0.215. The second kappa shape index (κ2) is 25.3. The molecule has 288 valence electrons. The van der Waals surface area contributed by atoms with Crippen LogP contribution in [0.3, 0.4) is 0 Å². The van der Waals surface area contributed by atoms with E-state index in [4.69, 9.17) is 0 Å². The molecular weight excluding hydrogens is 961 g/mol. The molecule has 5 aliphatic rings. The number of amides is 4. The Morgan fingerprint density at radius 1 is 0.365 bits per heavy atom. The molecule has 22 heteroatoms. The molecule has 0 fully saturated rings. The third kappa shape index (κ3) is 14.4. The van der Waals surface area contributed by atoms with Crippen LogP contribution >= 0.6 is 188 Å². The molecule has 0 radical (unpaired) electrons. The maximum atomic E-state index is 12.6. The highest BCUT2D eigenvalue weighted by molar-refractivity contribution is 8.46. The number of hydrogen-bond donors (Lipinski definition) is 4. The Morgan fingerprint density at radius 3 is 0.827 bits per heavy atom. The van der Waals surface area contributed by atoms with Gasteiger partial charge in [-0.05, 0) is 50.7 Å². The molecular formula is C30H40N4O2S16. The van der Waals surface area contributed by atoms with Crippen LogP contribution in [0.4, 0.5) is 9.59 Å². The van der Waals surface area contributed by atoms with Crippen LogP contribution in [0.5, 0.6) is 0 Å². The van der Waals surface area contributed by atoms with Gasteiger partial charge in [0.2, 0.25) is 0 Å². The zero-order valence-electron chi connectivity index (χ0n) is 28.8. The predicted octanol–water partition coefficient (Wildman–Crippen LogP) is 13.2. The number of rotatable bonds is 4. The van der Waals surface area contributed by atoms with Gasteiger partial charge in [0.05, 0.1) is 50.8 Å². The molecule has 0 aliphatic carbocycles. The Kier molecular flexibility index (Phi) is 22.2. The number of carbonyl (C=O) groups excluding carboxylic acids is 2. The molecule has 0 aromatic carbocycles. The average Bonchev–Trinajstić information content (AvgIpc) is 3.95. The first-order chi connectivity index (χ1) is 25.4. The fourth-order valence-corrected chi connectivity index (χ4v) is 26.5. The van der Waals surface area contributed by atoms with E-state index in [1.54, 1.807) is 0 Å². The van der Waals surface area contributed by atoms with Crippen LogP contribution in [0.25, 0.3) is 0 Å². The van der Waals surface area contributed by atoms with E-state index >= 15 is 0 Å². The summed E-state index contributed by atoms with van der Waals surface area (Å²) in [5.74, 6) is 3.80. The molecule has 0 saturated carbocycles. The van der Waals surface area contributed by atoms with Crippen molar-refractivity contribution in [2.24, 2.45) is 0 Å². The third-order valence-corrected chi connectivity index (χ3v) is 29.5. The summed E-state index contributed by atoms with van der Waals surface area (Å²) in [7, 11) is 0. The van der Waals surface area contributed by atoms with Gasteiger partial charge in [0.25, 0.3) is 0 Å². The molecule has 52 heavy (non-hydrogen) atoms. The molecule has 4 amide bonds. The summed E-state index contributed by atoms with van der Waals surface area (Å²) in [6.07, 6.45) is 12.3. The summed E-state index contributed by atoms with van der Waals surface area (Å²) in [6.45, 7) is 2.64. The van der Waals surface area contributed by atoms with Crippen molar-refractivity contribution in [3.63, 3.8) is 0 Å². The van der Waals surface area contributed by atoms with Crippen LogP contribution in [0.1, 0.15) is 25.7 Å². The van der Waals surface area contributed by atoms with Gasteiger partial charge in [-0.1, -0.05) is 94.1 Å². The fraction of sp³-hybridized carbons (Fsp3) is 0.533.